The lowest BCUT2D eigenvalue weighted by Crippen LogP contribution is -2.35. The number of anilines is 1. The lowest BCUT2D eigenvalue weighted by molar-refractivity contribution is 0.0684. The normalized spacial score (nSPS) is 21.9. The van der Waals surface area contributed by atoms with Crippen LogP contribution in [0.4, 0.5) is 5.82 Å². The van der Waals surface area contributed by atoms with E-state index in [0.717, 1.165) is 30.5 Å². The van der Waals surface area contributed by atoms with Crippen LogP contribution in [0.1, 0.15) is 43.7 Å². The van der Waals surface area contributed by atoms with Gasteiger partial charge >= 0.3 is 5.97 Å². The second-order valence-electron chi connectivity index (χ2n) is 5.59. The molecule has 0 saturated carbocycles. The van der Waals surface area contributed by atoms with Gasteiger partial charge in [0.1, 0.15) is 5.82 Å². The predicted octanol–water partition coefficient (Wildman–Crippen LogP) is 3.10. The zero-order chi connectivity index (χ0) is 15.0. The molecule has 5 nitrogen and oxygen atoms in total. The topological polar surface area (TPSA) is 66.3 Å². The lowest BCUT2D eigenvalue weighted by Gasteiger charge is -2.30. The molecule has 110 valence electrons. The average molecular weight is 285 g/mol. The van der Waals surface area contributed by atoms with Gasteiger partial charge in [0.05, 0.1) is 5.52 Å². The van der Waals surface area contributed by atoms with Crippen LogP contribution in [0.5, 0.6) is 0 Å². The number of nitrogens with zero attached hydrogens (tertiary/aromatic N) is 3. The summed E-state index contributed by atoms with van der Waals surface area (Å²) in [6.07, 6.45) is 3.27. The second-order valence-corrected chi connectivity index (χ2v) is 5.59. The zero-order valence-electron chi connectivity index (χ0n) is 12.3. The van der Waals surface area contributed by atoms with E-state index in [1.54, 1.807) is 0 Å². The van der Waals surface area contributed by atoms with E-state index in [4.69, 9.17) is 0 Å². The maximum atomic E-state index is 11.3. The van der Waals surface area contributed by atoms with E-state index in [-0.39, 0.29) is 5.82 Å². The predicted molar refractivity (Wildman–Crippen MR) is 81.8 cm³/mol. The molecule has 1 aromatic heterocycles. The van der Waals surface area contributed by atoms with E-state index >= 15 is 0 Å². The molecule has 2 atom stereocenters. The number of para-hydroxylation sites is 1. The Morgan fingerprint density at radius 3 is 2.81 bits per heavy atom. The van der Waals surface area contributed by atoms with Crippen LogP contribution in [0.2, 0.25) is 0 Å². The molecular weight excluding hydrogens is 266 g/mol. The zero-order valence-corrected chi connectivity index (χ0v) is 12.3. The van der Waals surface area contributed by atoms with Crippen molar-refractivity contribution in [2.75, 3.05) is 4.90 Å². The molecule has 5 heteroatoms. The summed E-state index contributed by atoms with van der Waals surface area (Å²) in [7, 11) is 0. The van der Waals surface area contributed by atoms with Gasteiger partial charge in [-0.25, -0.2) is 14.8 Å². The Labute approximate surface area is 123 Å². The number of carboxylic acid groups (broad SMARTS) is 1. The Kier molecular flexibility index (Phi) is 3.49. The molecule has 0 spiro atoms. The number of hydrogen-bond acceptors (Lipinski definition) is 4. The maximum Gasteiger partial charge on any atom is 0.374 e. The minimum atomic E-state index is -1.08. The highest BCUT2D eigenvalue weighted by atomic mass is 16.4. The van der Waals surface area contributed by atoms with Crippen LogP contribution in [0.15, 0.2) is 24.3 Å². The van der Waals surface area contributed by atoms with E-state index in [9.17, 15) is 9.90 Å². The number of aromatic nitrogens is 2. The Hall–Kier alpha value is -2.17. The van der Waals surface area contributed by atoms with Crippen molar-refractivity contribution >= 4 is 22.7 Å². The highest BCUT2D eigenvalue weighted by Gasteiger charge is 2.32. The van der Waals surface area contributed by atoms with E-state index in [2.05, 4.69) is 28.7 Å². The second kappa shape index (κ2) is 5.31. The first-order valence-corrected chi connectivity index (χ1v) is 7.40. The van der Waals surface area contributed by atoms with Crippen LogP contribution >= 0.6 is 0 Å². The van der Waals surface area contributed by atoms with Gasteiger partial charge in [0.25, 0.3) is 0 Å². The molecule has 1 saturated heterocycles. The Balaban J connectivity index is 2.22. The van der Waals surface area contributed by atoms with Crippen molar-refractivity contribution in [3.05, 3.63) is 30.1 Å². The third-order valence-corrected chi connectivity index (χ3v) is 4.28. The van der Waals surface area contributed by atoms with Crippen molar-refractivity contribution < 1.29 is 9.90 Å². The largest absolute Gasteiger partial charge is 0.475 e. The molecule has 1 aliphatic rings. The molecule has 1 aliphatic heterocycles. The molecule has 0 radical (unpaired) electrons. The van der Waals surface area contributed by atoms with Gasteiger partial charge in [-0.1, -0.05) is 19.1 Å². The van der Waals surface area contributed by atoms with Crippen molar-refractivity contribution in [2.45, 2.75) is 45.2 Å². The Morgan fingerprint density at radius 2 is 2.10 bits per heavy atom. The Bertz CT molecular complexity index is 686. The summed E-state index contributed by atoms with van der Waals surface area (Å²) in [4.78, 5) is 22.1. The van der Waals surface area contributed by atoms with Crippen LogP contribution in [-0.4, -0.2) is 33.1 Å². The number of carboxylic acids is 1. The van der Waals surface area contributed by atoms with Crippen molar-refractivity contribution in [3.63, 3.8) is 0 Å². The summed E-state index contributed by atoms with van der Waals surface area (Å²) >= 11 is 0. The van der Waals surface area contributed by atoms with Crippen LogP contribution in [0, 0.1) is 0 Å². The summed E-state index contributed by atoms with van der Waals surface area (Å²) in [6.45, 7) is 4.34. The summed E-state index contributed by atoms with van der Waals surface area (Å²) in [5.41, 5.74) is 0.689. The first kappa shape index (κ1) is 13.8. The standard InChI is InChI=1S/C16H19N3O2/c1-3-11-9-8-10(2)19(11)15-12-6-4-5-7-13(12)17-14(18-15)16(20)21/h4-7,10-11H,3,8-9H2,1-2H3,(H,20,21). The quantitative estimate of drug-likeness (QED) is 0.938. The third kappa shape index (κ3) is 2.33. The lowest BCUT2D eigenvalue weighted by atomic mass is 10.1. The number of rotatable bonds is 3. The van der Waals surface area contributed by atoms with Crippen LogP contribution in [0.25, 0.3) is 10.9 Å². The first-order chi connectivity index (χ1) is 10.1. The van der Waals surface area contributed by atoms with Gasteiger partial charge in [0.15, 0.2) is 0 Å². The van der Waals surface area contributed by atoms with Gasteiger partial charge in [-0.2, -0.15) is 0 Å². The number of benzene rings is 1. The smallest absolute Gasteiger partial charge is 0.374 e. The van der Waals surface area contributed by atoms with E-state index < -0.39 is 5.97 Å². The highest BCUT2D eigenvalue weighted by Crippen LogP contribution is 2.34. The number of fused-ring (bicyclic) bond motifs is 1. The van der Waals surface area contributed by atoms with Gasteiger partial charge < -0.3 is 10.0 Å². The van der Waals surface area contributed by atoms with Crippen LogP contribution in [-0.2, 0) is 0 Å². The monoisotopic (exact) mass is 285 g/mol. The fraction of sp³-hybridized carbons (Fsp3) is 0.438. The molecule has 3 rings (SSSR count). The molecule has 2 unspecified atom stereocenters. The fourth-order valence-electron chi connectivity index (χ4n) is 3.21. The average Bonchev–Trinajstić information content (AvgIpc) is 2.86. The van der Waals surface area contributed by atoms with Crippen molar-refractivity contribution in [3.8, 4) is 0 Å². The van der Waals surface area contributed by atoms with Crippen molar-refractivity contribution in [1.82, 2.24) is 9.97 Å². The highest BCUT2D eigenvalue weighted by molar-refractivity contribution is 5.94. The first-order valence-electron chi connectivity index (χ1n) is 7.40. The minimum absolute atomic E-state index is 0.127. The fourth-order valence-corrected chi connectivity index (χ4v) is 3.21. The van der Waals surface area contributed by atoms with Crippen LogP contribution in [0.3, 0.4) is 0 Å². The molecule has 1 N–H and O–H groups in total. The summed E-state index contributed by atoms with van der Waals surface area (Å²) in [5, 5.41) is 10.2. The van der Waals surface area contributed by atoms with Gasteiger partial charge in [0.2, 0.25) is 5.82 Å². The molecule has 21 heavy (non-hydrogen) atoms. The molecule has 0 aliphatic carbocycles. The van der Waals surface area contributed by atoms with Crippen molar-refractivity contribution in [2.24, 2.45) is 0 Å². The summed E-state index contributed by atoms with van der Waals surface area (Å²) in [6, 6.07) is 8.41. The molecule has 1 fully saturated rings. The van der Waals surface area contributed by atoms with E-state index in [0.29, 0.717) is 17.6 Å². The molecule has 2 aromatic rings. The number of carbonyl (C=O) groups is 1. The molecular formula is C16H19N3O2. The summed E-state index contributed by atoms with van der Waals surface area (Å²) < 4.78 is 0. The SMILES string of the molecule is CCC1CCC(C)N1c1nc(C(=O)O)nc2ccccc12. The van der Waals surface area contributed by atoms with Gasteiger partial charge in [0, 0.05) is 17.5 Å². The molecule has 1 aromatic carbocycles. The molecule has 0 bridgehead atoms. The third-order valence-electron chi connectivity index (χ3n) is 4.28. The van der Waals surface area contributed by atoms with E-state index in [1.807, 2.05) is 24.3 Å². The van der Waals surface area contributed by atoms with Gasteiger partial charge in [-0.3, -0.25) is 0 Å². The maximum absolute atomic E-state index is 11.3. The van der Waals surface area contributed by atoms with Gasteiger partial charge in [-0.05, 0) is 38.3 Å². The number of hydrogen-bond donors (Lipinski definition) is 1. The molecule has 2 heterocycles. The van der Waals surface area contributed by atoms with Crippen molar-refractivity contribution in [1.29, 1.82) is 0 Å². The molecule has 0 amide bonds. The summed E-state index contributed by atoms with van der Waals surface area (Å²) in [5.74, 6) is -0.450. The van der Waals surface area contributed by atoms with Gasteiger partial charge in [-0.15, -0.1) is 0 Å². The van der Waals surface area contributed by atoms with E-state index in [1.165, 1.54) is 0 Å². The van der Waals surface area contributed by atoms with Crippen LogP contribution < -0.4 is 4.90 Å². The minimum Gasteiger partial charge on any atom is -0.475 e. The Morgan fingerprint density at radius 1 is 1.33 bits per heavy atom. The number of aromatic carboxylic acids is 1.